The van der Waals surface area contributed by atoms with Gasteiger partial charge in [-0.15, -0.1) is 0 Å². The molecule has 14 heavy (non-hydrogen) atoms. The number of anilines is 1. The fourth-order valence-corrected chi connectivity index (χ4v) is 1.58. The molecule has 1 aliphatic heterocycles. The standard InChI is InChI=1S/C10H17N3O/c1-9(2)13-4-3-10(11-13)12-5-7-14-8-6-12/h3-4,9H,5-8H2,1-2H3. The van der Waals surface area contributed by atoms with Crippen LogP contribution in [-0.4, -0.2) is 36.1 Å². The van der Waals surface area contributed by atoms with Crippen LogP contribution >= 0.6 is 0 Å². The summed E-state index contributed by atoms with van der Waals surface area (Å²) in [7, 11) is 0. The fourth-order valence-electron chi connectivity index (χ4n) is 1.58. The molecule has 0 unspecified atom stereocenters. The van der Waals surface area contributed by atoms with Gasteiger partial charge < -0.3 is 9.64 Å². The van der Waals surface area contributed by atoms with E-state index in [-0.39, 0.29) is 0 Å². The Labute approximate surface area is 84.5 Å². The minimum absolute atomic E-state index is 0.435. The molecular formula is C10H17N3O. The van der Waals surface area contributed by atoms with Gasteiger partial charge in [0.15, 0.2) is 5.82 Å². The van der Waals surface area contributed by atoms with Crippen molar-refractivity contribution in [2.75, 3.05) is 31.2 Å². The first-order chi connectivity index (χ1) is 6.77. The summed E-state index contributed by atoms with van der Waals surface area (Å²) in [5, 5.41) is 4.52. The largest absolute Gasteiger partial charge is 0.378 e. The molecule has 0 amide bonds. The molecule has 78 valence electrons. The van der Waals surface area contributed by atoms with E-state index in [1.54, 1.807) is 0 Å². The molecule has 2 rings (SSSR count). The van der Waals surface area contributed by atoms with Crippen LogP contribution in [0.3, 0.4) is 0 Å². The lowest BCUT2D eigenvalue weighted by atomic mass is 10.4. The van der Waals surface area contributed by atoms with Gasteiger partial charge in [0.2, 0.25) is 0 Å². The van der Waals surface area contributed by atoms with E-state index >= 15 is 0 Å². The molecule has 0 atom stereocenters. The third-order valence-corrected chi connectivity index (χ3v) is 2.46. The highest BCUT2D eigenvalue weighted by atomic mass is 16.5. The molecular weight excluding hydrogens is 178 g/mol. The Morgan fingerprint density at radius 2 is 2.07 bits per heavy atom. The van der Waals surface area contributed by atoms with E-state index in [1.807, 2.05) is 10.9 Å². The van der Waals surface area contributed by atoms with Gasteiger partial charge in [-0.2, -0.15) is 5.10 Å². The molecule has 1 aliphatic rings. The zero-order chi connectivity index (χ0) is 9.97. The average Bonchev–Trinajstić information content (AvgIpc) is 2.68. The van der Waals surface area contributed by atoms with Gasteiger partial charge >= 0.3 is 0 Å². The van der Waals surface area contributed by atoms with Crippen LogP contribution in [0.1, 0.15) is 19.9 Å². The van der Waals surface area contributed by atoms with E-state index in [0.29, 0.717) is 6.04 Å². The molecule has 0 aromatic carbocycles. The zero-order valence-corrected chi connectivity index (χ0v) is 8.81. The molecule has 4 heteroatoms. The maximum atomic E-state index is 5.30. The molecule has 0 saturated carbocycles. The van der Waals surface area contributed by atoms with Gasteiger partial charge in [-0.05, 0) is 13.8 Å². The summed E-state index contributed by atoms with van der Waals surface area (Å²) >= 11 is 0. The monoisotopic (exact) mass is 195 g/mol. The molecule has 1 saturated heterocycles. The molecule has 0 bridgehead atoms. The Kier molecular flexibility index (Phi) is 2.72. The topological polar surface area (TPSA) is 30.3 Å². The maximum absolute atomic E-state index is 5.30. The summed E-state index contributed by atoms with van der Waals surface area (Å²) in [4.78, 5) is 2.27. The Bertz CT molecular complexity index is 289. The van der Waals surface area contributed by atoms with E-state index in [1.165, 1.54) is 0 Å². The van der Waals surface area contributed by atoms with Crippen molar-refractivity contribution >= 4 is 5.82 Å². The van der Waals surface area contributed by atoms with Crippen molar-refractivity contribution in [1.82, 2.24) is 9.78 Å². The van der Waals surface area contributed by atoms with Gasteiger partial charge in [0, 0.05) is 31.4 Å². The molecule has 0 aliphatic carbocycles. The minimum Gasteiger partial charge on any atom is -0.378 e. The first-order valence-corrected chi connectivity index (χ1v) is 5.15. The predicted octanol–water partition coefficient (Wildman–Crippen LogP) is 1.30. The van der Waals surface area contributed by atoms with Crippen molar-refractivity contribution in [2.24, 2.45) is 0 Å². The maximum Gasteiger partial charge on any atom is 0.150 e. The van der Waals surface area contributed by atoms with Gasteiger partial charge in [-0.1, -0.05) is 0 Å². The zero-order valence-electron chi connectivity index (χ0n) is 8.81. The Morgan fingerprint density at radius 3 is 2.64 bits per heavy atom. The molecule has 1 aromatic heterocycles. The third kappa shape index (κ3) is 1.90. The Hall–Kier alpha value is -1.03. The first kappa shape index (κ1) is 9.52. The van der Waals surface area contributed by atoms with Crippen LogP contribution in [0.5, 0.6) is 0 Å². The van der Waals surface area contributed by atoms with E-state index in [2.05, 4.69) is 29.9 Å². The van der Waals surface area contributed by atoms with E-state index in [0.717, 1.165) is 32.1 Å². The van der Waals surface area contributed by atoms with Crippen molar-refractivity contribution in [3.05, 3.63) is 12.3 Å². The second-order valence-corrected chi connectivity index (χ2v) is 3.85. The third-order valence-electron chi connectivity index (χ3n) is 2.46. The summed E-state index contributed by atoms with van der Waals surface area (Å²) < 4.78 is 7.29. The molecule has 1 fully saturated rings. The van der Waals surface area contributed by atoms with Gasteiger partial charge in [-0.3, -0.25) is 4.68 Å². The highest BCUT2D eigenvalue weighted by Crippen LogP contribution is 2.14. The number of morpholine rings is 1. The number of nitrogens with zero attached hydrogens (tertiary/aromatic N) is 3. The lowest BCUT2D eigenvalue weighted by Gasteiger charge is -2.26. The number of rotatable bonds is 2. The summed E-state index contributed by atoms with van der Waals surface area (Å²) in [6, 6.07) is 2.51. The van der Waals surface area contributed by atoms with Gasteiger partial charge in [0.05, 0.1) is 13.2 Å². The second kappa shape index (κ2) is 4.00. The van der Waals surface area contributed by atoms with Crippen LogP contribution in [0.4, 0.5) is 5.82 Å². The van der Waals surface area contributed by atoms with Crippen LogP contribution < -0.4 is 4.90 Å². The molecule has 0 radical (unpaired) electrons. The van der Waals surface area contributed by atoms with E-state index in [4.69, 9.17) is 4.74 Å². The molecule has 0 N–H and O–H groups in total. The summed E-state index contributed by atoms with van der Waals surface area (Å²) in [6.07, 6.45) is 2.04. The van der Waals surface area contributed by atoms with Gasteiger partial charge in [0.25, 0.3) is 0 Å². The number of ether oxygens (including phenoxy) is 1. The highest BCUT2D eigenvalue weighted by Gasteiger charge is 2.13. The van der Waals surface area contributed by atoms with Crippen LogP contribution in [-0.2, 0) is 4.74 Å². The molecule has 1 aromatic rings. The smallest absolute Gasteiger partial charge is 0.150 e. The number of aromatic nitrogens is 2. The lowest BCUT2D eigenvalue weighted by molar-refractivity contribution is 0.122. The van der Waals surface area contributed by atoms with Crippen molar-refractivity contribution < 1.29 is 4.74 Å². The van der Waals surface area contributed by atoms with Crippen LogP contribution in [0.2, 0.25) is 0 Å². The highest BCUT2D eigenvalue weighted by molar-refractivity contribution is 5.37. The fraction of sp³-hybridized carbons (Fsp3) is 0.700. The average molecular weight is 195 g/mol. The summed E-state index contributed by atoms with van der Waals surface area (Å²) in [6.45, 7) is 7.81. The quantitative estimate of drug-likeness (QED) is 0.712. The molecule has 0 spiro atoms. The van der Waals surface area contributed by atoms with Crippen molar-refractivity contribution in [2.45, 2.75) is 19.9 Å². The number of hydrogen-bond acceptors (Lipinski definition) is 3. The van der Waals surface area contributed by atoms with Crippen LogP contribution in [0.15, 0.2) is 12.3 Å². The van der Waals surface area contributed by atoms with Crippen LogP contribution in [0, 0.1) is 0 Å². The normalized spacial score (nSPS) is 17.8. The number of hydrogen-bond donors (Lipinski definition) is 0. The first-order valence-electron chi connectivity index (χ1n) is 5.15. The summed E-state index contributed by atoms with van der Waals surface area (Å²) in [5.74, 6) is 1.07. The van der Waals surface area contributed by atoms with Crippen molar-refractivity contribution in [3.8, 4) is 0 Å². The van der Waals surface area contributed by atoms with E-state index < -0.39 is 0 Å². The van der Waals surface area contributed by atoms with Gasteiger partial charge in [-0.25, -0.2) is 0 Å². The van der Waals surface area contributed by atoms with Gasteiger partial charge in [0.1, 0.15) is 0 Å². The Balaban J connectivity index is 2.07. The SMILES string of the molecule is CC(C)n1ccc(N2CCOCC2)n1. The minimum atomic E-state index is 0.435. The van der Waals surface area contributed by atoms with Crippen molar-refractivity contribution in [1.29, 1.82) is 0 Å². The predicted molar refractivity (Wildman–Crippen MR) is 55.6 cm³/mol. The van der Waals surface area contributed by atoms with E-state index in [9.17, 15) is 0 Å². The second-order valence-electron chi connectivity index (χ2n) is 3.85. The lowest BCUT2D eigenvalue weighted by Crippen LogP contribution is -2.36. The molecule has 4 nitrogen and oxygen atoms in total. The molecule has 2 heterocycles. The summed E-state index contributed by atoms with van der Waals surface area (Å²) in [5.41, 5.74) is 0. The van der Waals surface area contributed by atoms with Crippen LogP contribution in [0.25, 0.3) is 0 Å². The Morgan fingerprint density at radius 1 is 1.36 bits per heavy atom. The van der Waals surface area contributed by atoms with Crippen molar-refractivity contribution in [3.63, 3.8) is 0 Å².